The molecule has 0 unspecified atom stereocenters. The molecule has 4 nitrogen and oxygen atoms in total. The second-order valence-corrected chi connectivity index (χ2v) is 2.97. The topological polar surface area (TPSA) is 57.6 Å². The van der Waals surface area contributed by atoms with E-state index in [0.717, 1.165) is 0 Å². The summed E-state index contributed by atoms with van der Waals surface area (Å²) in [7, 11) is 0. The molecule has 0 spiro atoms. The van der Waals surface area contributed by atoms with Crippen LogP contribution in [-0.4, -0.2) is 19.8 Å². The summed E-state index contributed by atoms with van der Waals surface area (Å²) in [5.74, 6) is -0.0198. The van der Waals surface area contributed by atoms with E-state index in [1.54, 1.807) is 6.26 Å². The molecule has 0 amide bonds. The second kappa shape index (κ2) is 3.49. The first-order chi connectivity index (χ1) is 6.37. The molecule has 2 heterocycles. The lowest BCUT2D eigenvalue weighted by molar-refractivity contribution is -0.181. The highest BCUT2D eigenvalue weighted by molar-refractivity contribution is 5.07. The van der Waals surface area contributed by atoms with E-state index in [9.17, 15) is 0 Å². The third-order valence-corrected chi connectivity index (χ3v) is 2.12. The van der Waals surface area contributed by atoms with E-state index in [0.29, 0.717) is 31.9 Å². The lowest BCUT2D eigenvalue weighted by Crippen LogP contribution is -2.29. The highest BCUT2D eigenvalue weighted by Crippen LogP contribution is 2.34. The lowest BCUT2D eigenvalue weighted by atomic mass is 10.1. The van der Waals surface area contributed by atoms with Gasteiger partial charge >= 0.3 is 0 Å². The molecule has 0 saturated carbocycles. The van der Waals surface area contributed by atoms with Crippen molar-refractivity contribution in [3.8, 4) is 0 Å². The maximum atomic E-state index is 5.53. The Morgan fingerprint density at radius 1 is 1.38 bits per heavy atom. The molecule has 1 saturated heterocycles. The van der Waals surface area contributed by atoms with Crippen LogP contribution in [-0.2, 0) is 15.3 Å². The first kappa shape index (κ1) is 8.74. The fraction of sp³-hybridized carbons (Fsp3) is 0.556. The molecule has 0 aliphatic carbocycles. The van der Waals surface area contributed by atoms with E-state index < -0.39 is 5.79 Å². The lowest BCUT2D eigenvalue weighted by Gasteiger charge is -2.23. The highest BCUT2D eigenvalue weighted by Gasteiger charge is 2.40. The first-order valence-corrected chi connectivity index (χ1v) is 4.39. The third-order valence-electron chi connectivity index (χ3n) is 2.12. The Balaban J connectivity index is 2.22. The van der Waals surface area contributed by atoms with Crippen LogP contribution in [0.25, 0.3) is 0 Å². The van der Waals surface area contributed by atoms with Crippen LogP contribution >= 0.6 is 0 Å². The monoisotopic (exact) mass is 183 g/mol. The summed E-state index contributed by atoms with van der Waals surface area (Å²) < 4.78 is 16.3. The zero-order valence-corrected chi connectivity index (χ0v) is 7.36. The van der Waals surface area contributed by atoms with E-state index >= 15 is 0 Å². The third kappa shape index (κ3) is 1.48. The van der Waals surface area contributed by atoms with Crippen molar-refractivity contribution in [3.05, 3.63) is 24.2 Å². The normalized spacial score (nSPS) is 20.7. The van der Waals surface area contributed by atoms with Crippen LogP contribution in [0.5, 0.6) is 0 Å². The van der Waals surface area contributed by atoms with Gasteiger partial charge in [-0.25, -0.2) is 0 Å². The molecule has 0 aromatic carbocycles. The van der Waals surface area contributed by atoms with Gasteiger partial charge in [0.25, 0.3) is 0 Å². The quantitative estimate of drug-likeness (QED) is 0.754. The summed E-state index contributed by atoms with van der Waals surface area (Å²) in [4.78, 5) is 0. The molecule has 13 heavy (non-hydrogen) atoms. The predicted octanol–water partition coefficient (Wildman–Crippen LogP) is 0.828. The van der Waals surface area contributed by atoms with E-state index in [-0.39, 0.29) is 0 Å². The van der Waals surface area contributed by atoms with Crippen LogP contribution in [0.15, 0.2) is 22.8 Å². The molecule has 72 valence electrons. The molecular weight excluding hydrogens is 170 g/mol. The molecule has 0 radical (unpaired) electrons. The number of ether oxygens (including phenoxy) is 2. The Hall–Kier alpha value is -0.840. The Morgan fingerprint density at radius 3 is 2.69 bits per heavy atom. The smallest absolute Gasteiger partial charge is 0.229 e. The van der Waals surface area contributed by atoms with Crippen LogP contribution in [0.2, 0.25) is 0 Å². The van der Waals surface area contributed by atoms with Gasteiger partial charge in [0.15, 0.2) is 5.76 Å². The first-order valence-electron chi connectivity index (χ1n) is 4.39. The molecular formula is C9H13NO3. The Kier molecular flexibility index (Phi) is 2.35. The van der Waals surface area contributed by atoms with E-state index in [1.807, 2.05) is 12.1 Å². The van der Waals surface area contributed by atoms with Gasteiger partial charge in [0, 0.05) is 6.42 Å². The minimum absolute atomic E-state index is 0.515. The molecule has 2 rings (SSSR count). The molecule has 1 fully saturated rings. The highest BCUT2D eigenvalue weighted by atomic mass is 16.7. The average Bonchev–Trinajstić information content (AvgIpc) is 2.73. The number of nitrogens with two attached hydrogens (primary N) is 1. The number of rotatable bonds is 3. The molecule has 0 bridgehead atoms. The zero-order valence-electron chi connectivity index (χ0n) is 7.36. The summed E-state index contributed by atoms with van der Waals surface area (Å²) in [5, 5.41) is 0. The van der Waals surface area contributed by atoms with Gasteiger partial charge in [-0.15, -0.1) is 0 Å². The van der Waals surface area contributed by atoms with Gasteiger partial charge in [-0.3, -0.25) is 0 Å². The fourth-order valence-electron chi connectivity index (χ4n) is 1.55. The Labute approximate surface area is 76.6 Å². The minimum Gasteiger partial charge on any atom is -0.464 e. The van der Waals surface area contributed by atoms with Gasteiger partial charge in [0.2, 0.25) is 5.79 Å². The number of hydrogen-bond donors (Lipinski definition) is 1. The van der Waals surface area contributed by atoms with Crippen molar-refractivity contribution < 1.29 is 13.9 Å². The maximum Gasteiger partial charge on any atom is 0.229 e. The van der Waals surface area contributed by atoms with E-state index in [4.69, 9.17) is 19.6 Å². The van der Waals surface area contributed by atoms with Gasteiger partial charge in [-0.05, 0) is 18.7 Å². The van der Waals surface area contributed by atoms with Crippen molar-refractivity contribution in [2.45, 2.75) is 12.2 Å². The van der Waals surface area contributed by atoms with E-state index in [1.165, 1.54) is 0 Å². The maximum absolute atomic E-state index is 5.53. The van der Waals surface area contributed by atoms with Crippen molar-refractivity contribution >= 4 is 0 Å². The van der Waals surface area contributed by atoms with Crippen molar-refractivity contribution in [2.75, 3.05) is 19.8 Å². The average molecular weight is 183 g/mol. The second-order valence-electron chi connectivity index (χ2n) is 2.97. The van der Waals surface area contributed by atoms with Crippen molar-refractivity contribution in [3.63, 3.8) is 0 Å². The molecule has 2 N–H and O–H groups in total. The number of furan rings is 1. The van der Waals surface area contributed by atoms with Gasteiger partial charge in [0.05, 0.1) is 19.5 Å². The van der Waals surface area contributed by atoms with Crippen molar-refractivity contribution in [1.29, 1.82) is 0 Å². The summed E-state index contributed by atoms with van der Waals surface area (Å²) in [6.45, 7) is 1.71. The Morgan fingerprint density at radius 2 is 2.15 bits per heavy atom. The van der Waals surface area contributed by atoms with Crippen molar-refractivity contribution in [2.24, 2.45) is 5.73 Å². The van der Waals surface area contributed by atoms with Gasteiger partial charge in [0.1, 0.15) is 0 Å². The summed E-state index contributed by atoms with van der Waals surface area (Å²) in [6, 6.07) is 3.67. The van der Waals surface area contributed by atoms with Crippen LogP contribution in [0.4, 0.5) is 0 Å². The zero-order chi connectivity index (χ0) is 9.15. The van der Waals surface area contributed by atoms with Crippen LogP contribution in [0.1, 0.15) is 12.2 Å². The Bertz CT molecular complexity index is 252. The van der Waals surface area contributed by atoms with Crippen molar-refractivity contribution in [1.82, 2.24) is 0 Å². The molecule has 1 aromatic rings. The minimum atomic E-state index is -0.724. The molecule has 1 aromatic heterocycles. The van der Waals surface area contributed by atoms with E-state index in [2.05, 4.69) is 0 Å². The van der Waals surface area contributed by atoms with Crippen LogP contribution in [0, 0.1) is 0 Å². The predicted molar refractivity (Wildman–Crippen MR) is 46.0 cm³/mol. The van der Waals surface area contributed by atoms with Gasteiger partial charge in [-0.1, -0.05) is 0 Å². The van der Waals surface area contributed by atoms with Gasteiger partial charge in [-0.2, -0.15) is 0 Å². The molecule has 1 aliphatic heterocycles. The molecule has 0 atom stereocenters. The fourth-order valence-corrected chi connectivity index (χ4v) is 1.55. The molecule has 1 aliphatic rings. The van der Waals surface area contributed by atoms with Gasteiger partial charge < -0.3 is 19.6 Å². The summed E-state index contributed by atoms with van der Waals surface area (Å²) in [5.41, 5.74) is 5.50. The number of hydrogen-bond acceptors (Lipinski definition) is 4. The molecule has 4 heteroatoms. The summed E-state index contributed by atoms with van der Waals surface area (Å²) in [6.07, 6.45) is 2.24. The summed E-state index contributed by atoms with van der Waals surface area (Å²) >= 11 is 0. The van der Waals surface area contributed by atoms with Crippen LogP contribution in [0.3, 0.4) is 0 Å². The van der Waals surface area contributed by atoms with Crippen LogP contribution < -0.4 is 5.73 Å². The SMILES string of the molecule is NCCC1(c2ccco2)OCCO1. The largest absolute Gasteiger partial charge is 0.464 e. The standard InChI is InChI=1S/C9H13NO3/c10-4-3-9(12-6-7-13-9)8-2-1-5-11-8/h1-2,5H,3-4,6-7,10H2.